The van der Waals surface area contributed by atoms with Gasteiger partial charge in [-0.1, -0.05) is 153 Å². The van der Waals surface area contributed by atoms with E-state index in [-0.39, 0.29) is 32.1 Å². The van der Waals surface area contributed by atoms with Crippen LogP contribution in [0.4, 0.5) is 9.59 Å². The van der Waals surface area contributed by atoms with Crippen LogP contribution in [0.2, 0.25) is 0 Å². The summed E-state index contributed by atoms with van der Waals surface area (Å²) in [6, 6.07) is 40.7. The predicted octanol–water partition coefficient (Wildman–Crippen LogP) is 6.29. The number of carbonyl (C=O) groups is 3. The number of amides is 3. The van der Waals surface area contributed by atoms with Gasteiger partial charge in [-0.3, -0.25) is 9.69 Å². The number of nitrogens with zero attached hydrogens (tertiary/aromatic N) is 2. The maximum absolute atomic E-state index is 14.3. The van der Waals surface area contributed by atoms with Crippen molar-refractivity contribution in [2.24, 2.45) is 17.4 Å². The number of rotatable bonds is 18. The number of carbonyl (C=O) groups excluding carboxylic acids is 3. The van der Waals surface area contributed by atoms with Crippen molar-refractivity contribution in [3.05, 3.63) is 167 Å². The SMILES string of the molecule is CC(C)[C@@H](C(N)=O)N(C(=O)OCc1ccccc1)[C@H](Cc1ccccc1)[C@@H](O)CN(CC(O)[C@H](N)Cc1ccccc1)C(=O)OCC1c2ccccc2-c2ccccc21. The van der Waals surface area contributed by atoms with Crippen molar-refractivity contribution < 1.29 is 34.1 Å². The normalized spacial score (nSPS) is 14.6. The van der Waals surface area contributed by atoms with Gasteiger partial charge in [0.05, 0.1) is 31.3 Å². The monoisotopic (exact) mass is 798 g/mol. The van der Waals surface area contributed by atoms with Gasteiger partial charge in [-0.05, 0) is 57.7 Å². The molecule has 5 atom stereocenters. The van der Waals surface area contributed by atoms with Crippen molar-refractivity contribution >= 4 is 18.1 Å². The fourth-order valence-electron chi connectivity index (χ4n) is 7.95. The van der Waals surface area contributed by atoms with Gasteiger partial charge in [0, 0.05) is 12.0 Å². The quantitative estimate of drug-likeness (QED) is 0.0803. The Kier molecular flexibility index (Phi) is 14.5. The fraction of sp³-hybridized carbons (Fsp3) is 0.312. The van der Waals surface area contributed by atoms with Crippen LogP contribution >= 0.6 is 0 Å². The summed E-state index contributed by atoms with van der Waals surface area (Å²) >= 11 is 0. The van der Waals surface area contributed by atoms with E-state index in [4.69, 9.17) is 20.9 Å². The van der Waals surface area contributed by atoms with Crippen LogP contribution in [-0.2, 0) is 33.7 Å². The Balaban J connectivity index is 1.31. The predicted molar refractivity (Wildman–Crippen MR) is 227 cm³/mol. The lowest BCUT2D eigenvalue weighted by Gasteiger charge is -2.41. The molecule has 0 radical (unpaired) electrons. The number of hydrogen-bond acceptors (Lipinski definition) is 8. The van der Waals surface area contributed by atoms with Gasteiger partial charge < -0.3 is 36.1 Å². The van der Waals surface area contributed by atoms with Crippen molar-refractivity contribution in [3.63, 3.8) is 0 Å². The number of nitrogens with two attached hydrogens (primary N) is 2. The standard InChI is InChI=1S/C48H54N4O7/c1-32(2)45(46(50)55)52(48(57)58-30-35-20-10-5-11-21-35)42(27-34-18-8-4-9-19-34)44(54)29-51(28-43(53)41(49)26-33-16-6-3-7-17-33)47(56)59-31-40-38-24-14-12-22-36(38)37-23-13-15-25-39(37)40/h3-25,32,40-45,53-54H,26-31,49H2,1-2H3,(H2,50,55)/t41-,42-,43?,44+,45+/m1/s1. The summed E-state index contributed by atoms with van der Waals surface area (Å²) in [6.45, 7) is 2.73. The van der Waals surface area contributed by atoms with E-state index in [9.17, 15) is 24.6 Å². The Morgan fingerprint density at radius 1 is 0.627 bits per heavy atom. The lowest BCUT2D eigenvalue weighted by Crippen LogP contribution is -2.61. The van der Waals surface area contributed by atoms with Gasteiger partial charge >= 0.3 is 12.2 Å². The highest BCUT2D eigenvalue weighted by Gasteiger charge is 2.42. The third kappa shape index (κ3) is 10.7. The van der Waals surface area contributed by atoms with E-state index in [0.29, 0.717) is 6.42 Å². The molecule has 0 fully saturated rings. The Labute approximate surface area is 346 Å². The maximum Gasteiger partial charge on any atom is 0.411 e. The van der Waals surface area contributed by atoms with Crippen LogP contribution in [-0.4, -0.2) is 88.1 Å². The zero-order valence-electron chi connectivity index (χ0n) is 33.5. The minimum atomic E-state index is -1.49. The third-order valence-electron chi connectivity index (χ3n) is 10.9. The largest absolute Gasteiger partial charge is 0.448 e. The van der Waals surface area contributed by atoms with Gasteiger partial charge in [-0.2, -0.15) is 0 Å². The minimum Gasteiger partial charge on any atom is -0.448 e. The van der Waals surface area contributed by atoms with E-state index in [1.54, 1.807) is 13.8 Å². The molecule has 0 bridgehead atoms. The number of fused-ring (bicyclic) bond motifs is 3. The topological polar surface area (TPSA) is 169 Å². The van der Waals surface area contributed by atoms with Crippen LogP contribution in [0, 0.1) is 5.92 Å². The second-order valence-electron chi connectivity index (χ2n) is 15.5. The Bertz CT molecular complexity index is 2090. The zero-order chi connectivity index (χ0) is 41.9. The number of hydrogen-bond donors (Lipinski definition) is 4. The molecule has 5 aromatic rings. The number of benzene rings is 5. The molecule has 0 heterocycles. The van der Waals surface area contributed by atoms with Gasteiger partial charge in [-0.25, -0.2) is 9.59 Å². The van der Waals surface area contributed by atoms with E-state index in [1.807, 2.05) is 140 Å². The first-order chi connectivity index (χ1) is 28.5. The highest BCUT2D eigenvalue weighted by Crippen LogP contribution is 2.44. The first kappa shape index (κ1) is 42.6. The van der Waals surface area contributed by atoms with E-state index >= 15 is 0 Å². The van der Waals surface area contributed by atoms with Gasteiger partial charge in [0.2, 0.25) is 5.91 Å². The van der Waals surface area contributed by atoms with Gasteiger partial charge in [0.25, 0.3) is 0 Å². The van der Waals surface area contributed by atoms with Crippen molar-refractivity contribution in [3.8, 4) is 11.1 Å². The molecule has 59 heavy (non-hydrogen) atoms. The molecular weight excluding hydrogens is 745 g/mol. The van der Waals surface area contributed by atoms with Crippen LogP contribution in [0.25, 0.3) is 11.1 Å². The molecule has 0 saturated carbocycles. The molecular formula is C48H54N4O7. The van der Waals surface area contributed by atoms with Crippen LogP contribution < -0.4 is 11.5 Å². The summed E-state index contributed by atoms with van der Waals surface area (Å²) in [5.41, 5.74) is 19.1. The van der Waals surface area contributed by atoms with Crippen LogP contribution in [0.5, 0.6) is 0 Å². The molecule has 1 aliphatic rings. The lowest BCUT2D eigenvalue weighted by molar-refractivity contribution is -0.126. The lowest BCUT2D eigenvalue weighted by atomic mass is 9.94. The molecule has 0 aromatic heterocycles. The summed E-state index contributed by atoms with van der Waals surface area (Å²) < 4.78 is 11.9. The summed E-state index contributed by atoms with van der Waals surface area (Å²) in [6.07, 6.45) is -3.95. The summed E-state index contributed by atoms with van der Waals surface area (Å²) in [5.74, 6) is -1.50. The summed E-state index contributed by atoms with van der Waals surface area (Å²) in [7, 11) is 0. The van der Waals surface area contributed by atoms with E-state index in [1.165, 1.54) is 9.80 Å². The average Bonchev–Trinajstić information content (AvgIpc) is 3.56. The first-order valence-electron chi connectivity index (χ1n) is 20.1. The number of aliphatic hydroxyl groups is 2. The number of primary amides is 1. The Morgan fingerprint density at radius 2 is 1.10 bits per heavy atom. The molecule has 0 saturated heterocycles. The third-order valence-corrected chi connectivity index (χ3v) is 10.9. The zero-order valence-corrected chi connectivity index (χ0v) is 33.5. The molecule has 11 heteroatoms. The molecule has 1 aliphatic carbocycles. The van der Waals surface area contributed by atoms with E-state index in [0.717, 1.165) is 38.9 Å². The highest BCUT2D eigenvalue weighted by atomic mass is 16.6. The number of ether oxygens (including phenoxy) is 2. The molecule has 6 N–H and O–H groups in total. The van der Waals surface area contributed by atoms with Crippen molar-refractivity contribution in [2.75, 3.05) is 19.7 Å². The molecule has 5 aromatic carbocycles. The second kappa shape index (κ2) is 20.1. The molecule has 0 spiro atoms. The average molecular weight is 799 g/mol. The summed E-state index contributed by atoms with van der Waals surface area (Å²) in [4.78, 5) is 44.2. The minimum absolute atomic E-state index is 0.00585. The van der Waals surface area contributed by atoms with Crippen molar-refractivity contribution in [2.45, 2.75) is 69.5 Å². The Morgan fingerprint density at radius 3 is 1.63 bits per heavy atom. The van der Waals surface area contributed by atoms with Crippen molar-refractivity contribution in [1.82, 2.24) is 9.80 Å². The summed E-state index contributed by atoms with van der Waals surface area (Å²) in [5, 5.41) is 23.9. The molecule has 11 nitrogen and oxygen atoms in total. The Hall–Kier alpha value is -6.01. The van der Waals surface area contributed by atoms with Gasteiger partial charge in [0.1, 0.15) is 19.3 Å². The highest BCUT2D eigenvalue weighted by molar-refractivity contribution is 5.85. The number of aliphatic hydroxyl groups excluding tert-OH is 2. The maximum atomic E-state index is 14.3. The van der Waals surface area contributed by atoms with E-state index < -0.39 is 60.9 Å². The van der Waals surface area contributed by atoms with Gasteiger partial charge in [0.15, 0.2) is 0 Å². The first-order valence-corrected chi connectivity index (χ1v) is 20.1. The molecule has 3 amide bonds. The smallest absolute Gasteiger partial charge is 0.411 e. The fourth-order valence-corrected chi connectivity index (χ4v) is 7.95. The van der Waals surface area contributed by atoms with Crippen molar-refractivity contribution in [1.29, 1.82) is 0 Å². The molecule has 0 aliphatic heterocycles. The van der Waals surface area contributed by atoms with Crippen LogP contribution in [0.3, 0.4) is 0 Å². The van der Waals surface area contributed by atoms with Gasteiger partial charge in [-0.15, -0.1) is 0 Å². The second-order valence-corrected chi connectivity index (χ2v) is 15.5. The van der Waals surface area contributed by atoms with E-state index in [2.05, 4.69) is 0 Å². The molecule has 6 rings (SSSR count). The molecule has 1 unspecified atom stereocenters. The van der Waals surface area contributed by atoms with Crippen LogP contribution in [0.1, 0.15) is 47.6 Å². The van der Waals surface area contributed by atoms with Crippen LogP contribution in [0.15, 0.2) is 140 Å². The molecule has 308 valence electrons.